The van der Waals surface area contributed by atoms with E-state index < -0.39 is 17.6 Å². The second-order valence-corrected chi connectivity index (χ2v) is 3.18. The highest BCUT2D eigenvalue weighted by atomic mass is 19.4. The van der Waals surface area contributed by atoms with Crippen molar-refractivity contribution in [3.05, 3.63) is 46.8 Å². The molecule has 2 aromatic rings. The summed E-state index contributed by atoms with van der Waals surface area (Å²) in [6, 6.07) is 1.96. The maximum Gasteiger partial charge on any atom is 0.449 e. The van der Waals surface area contributed by atoms with E-state index in [2.05, 4.69) is 14.4 Å². The molecule has 0 spiro atoms. The zero-order valence-electron chi connectivity index (χ0n) is 8.31. The van der Waals surface area contributed by atoms with E-state index in [0.29, 0.717) is 0 Å². The smallest absolute Gasteiger partial charge is 0.449 e. The Labute approximate surface area is 92.5 Å². The summed E-state index contributed by atoms with van der Waals surface area (Å²) >= 11 is 0. The molecule has 17 heavy (non-hydrogen) atoms. The van der Waals surface area contributed by atoms with Gasteiger partial charge in [-0.1, -0.05) is 0 Å². The fourth-order valence-corrected chi connectivity index (χ4v) is 1.21. The summed E-state index contributed by atoms with van der Waals surface area (Å²) in [5.41, 5.74) is -0.607. The number of rotatable bonds is 2. The lowest BCUT2D eigenvalue weighted by molar-refractivity contribution is -0.153. The molecule has 2 rings (SSSR count). The van der Waals surface area contributed by atoms with Crippen LogP contribution in [0.2, 0.25) is 0 Å². The number of halogens is 3. The van der Waals surface area contributed by atoms with E-state index in [4.69, 9.17) is 0 Å². The van der Waals surface area contributed by atoms with E-state index in [0.717, 1.165) is 23.0 Å². The van der Waals surface area contributed by atoms with Crippen molar-refractivity contribution in [3.63, 3.8) is 0 Å². The van der Waals surface area contributed by atoms with Crippen LogP contribution in [0.25, 0.3) is 0 Å². The third-order valence-corrected chi connectivity index (χ3v) is 1.95. The van der Waals surface area contributed by atoms with Crippen LogP contribution in [-0.4, -0.2) is 14.5 Å². The molecule has 0 aliphatic rings. The molecule has 0 amide bonds. The molecular weight excluding hydrogens is 239 g/mol. The van der Waals surface area contributed by atoms with Crippen LogP contribution in [0, 0.1) is 0 Å². The normalized spacial score (nSPS) is 11.7. The quantitative estimate of drug-likeness (QED) is 0.800. The topological polar surface area (TPSA) is 60.9 Å². The van der Waals surface area contributed by atoms with Gasteiger partial charge in [0.05, 0.1) is 6.54 Å². The van der Waals surface area contributed by atoms with E-state index in [1.165, 1.54) is 6.33 Å². The minimum atomic E-state index is -4.53. The van der Waals surface area contributed by atoms with Gasteiger partial charge in [-0.25, -0.2) is 9.78 Å². The highest BCUT2D eigenvalue weighted by Crippen LogP contribution is 2.30. The van der Waals surface area contributed by atoms with Crippen molar-refractivity contribution in [2.75, 3.05) is 0 Å². The molecule has 0 radical (unpaired) electrons. The zero-order valence-corrected chi connectivity index (χ0v) is 8.31. The highest BCUT2D eigenvalue weighted by molar-refractivity contribution is 5.10. The lowest BCUT2D eigenvalue weighted by Gasteiger charge is -2.02. The number of nitrogens with zero attached hydrogens (tertiary/aromatic N) is 3. The van der Waals surface area contributed by atoms with Crippen LogP contribution in [0.15, 0.2) is 34.0 Å². The summed E-state index contributed by atoms with van der Waals surface area (Å²) in [6.07, 6.45) is -2.30. The van der Waals surface area contributed by atoms with Crippen LogP contribution in [0.5, 0.6) is 0 Å². The number of alkyl halides is 3. The maximum atomic E-state index is 12.2. The first kappa shape index (κ1) is 11.4. The average molecular weight is 245 g/mol. The third-order valence-electron chi connectivity index (χ3n) is 1.95. The number of hydrogen-bond donors (Lipinski definition) is 0. The van der Waals surface area contributed by atoms with Crippen LogP contribution < -0.4 is 5.69 Å². The molecule has 0 aliphatic heterocycles. The van der Waals surface area contributed by atoms with E-state index in [-0.39, 0.29) is 12.3 Å². The van der Waals surface area contributed by atoms with Crippen molar-refractivity contribution in [2.45, 2.75) is 12.7 Å². The second kappa shape index (κ2) is 4.04. The fraction of sp³-hybridized carbons (Fsp3) is 0.222. The Morgan fingerprint density at radius 1 is 1.35 bits per heavy atom. The molecule has 0 aromatic carbocycles. The molecule has 2 aromatic heterocycles. The molecule has 0 aliphatic carbocycles. The van der Waals surface area contributed by atoms with Crippen molar-refractivity contribution < 1.29 is 17.6 Å². The maximum absolute atomic E-state index is 12.2. The molecule has 90 valence electrons. The third kappa shape index (κ3) is 2.52. The second-order valence-electron chi connectivity index (χ2n) is 3.18. The van der Waals surface area contributed by atoms with Gasteiger partial charge in [-0.2, -0.15) is 18.2 Å². The summed E-state index contributed by atoms with van der Waals surface area (Å²) < 4.78 is 42.3. The van der Waals surface area contributed by atoms with Gasteiger partial charge < -0.3 is 4.42 Å². The molecule has 5 nitrogen and oxygen atoms in total. The van der Waals surface area contributed by atoms with Crippen LogP contribution in [0.1, 0.15) is 11.5 Å². The Hall–Kier alpha value is -2.12. The van der Waals surface area contributed by atoms with Crippen LogP contribution in [0.3, 0.4) is 0 Å². The SMILES string of the molecule is O=c1ncncn1Cc1ccc(C(F)(F)F)o1. The Kier molecular flexibility index (Phi) is 2.70. The molecule has 0 bridgehead atoms. The molecule has 0 saturated carbocycles. The fourth-order valence-electron chi connectivity index (χ4n) is 1.21. The van der Waals surface area contributed by atoms with Gasteiger partial charge in [0.1, 0.15) is 18.4 Å². The molecule has 0 saturated heterocycles. The summed E-state index contributed by atoms with van der Waals surface area (Å²) in [4.78, 5) is 18.1. The largest absolute Gasteiger partial charge is 0.455 e. The van der Waals surface area contributed by atoms with Gasteiger partial charge >= 0.3 is 11.9 Å². The lowest BCUT2D eigenvalue weighted by atomic mass is 10.4. The van der Waals surface area contributed by atoms with E-state index in [9.17, 15) is 18.0 Å². The molecule has 0 unspecified atom stereocenters. The number of furan rings is 1. The van der Waals surface area contributed by atoms with Gasteiger partial charge in [-0.05, 0) is 12.1 Å². The van der Waals surface area contributed by atoms with Gasteiger partial charge in [0, 0.05) is 0 Å². The monoisotopic (exact) mass is 245 g/mol. The predicted molar refractivity (Wildman–Crippen MR) is 49.1 cm³/mol. The molecule has 2 heterocycles. The van der Waals surface area contributed by atoms with Crippen LogP contribution in [0.4, 0.5) is 13.2 Å². The molecular formula is C9H6F3N3O2. The summed E-state index contributed by atoms with van der Waals surface area (Å²) in [6.45, 7) is -0.143. The Morgan fingerprint density at radius 3 is 2.71 bits per heavy atom. The average Bonchev–Trinajstić information content (AvgIpc) is 2.69. The predicted octanol–water partition coefficient (Wildman–Crippen LogP) is 1.30. The molecule has 0 atom stereocenters. The van der Waals surface area contributed by atoms with E-state index in [1.807, 2.05) is 0 Å². The Bertz CT molecular complexity index is 573. The minimum absolute atomic E-state index is 0.00854. The van der Waals surface area contributed by atoms with Gasteiger partial charge in [0.25, 0.3) is 0 Å². The Balaban J connectivity index is 2.24. The standard InChI is InChI=1S/C9H6F3N3O2/c10-9(11,12)7-2-1-6(17-7)3-15-5-13-4-14-8(15)16/h1-2,4-5H,3H2. The number of hydrogen-bond acceptors (Lipinski definition) is 4. The van der Waals surface area contributed by atoms with Gasteiger partial charge in [-0.15, -0.1) is 0 Å². The van der Waals surface area contributed by atoms with Crippen LogP contribution >= 0.6 is 0 Å². The van der Waals surface area contributed by atoms with Crippen molar-refractivity contribution >= 4 is 0 Å². The van der Waals surface area contributed by atoms with Crippen molar-refractivity contribution in [2.24, 2.45) is 0 Å². The van der Waals surface area contributed by atoms with E-state index >= 15 is 0 Å². The number of aromatic nitrogens is 3. The first-order valence-electron chi connectivity index (χ1n) is 4.49. The van der Waals surface area contributed by atoms with Crippen molar-refractivity contribution in [1.29, 1.82) is 0 Å². The zero-order chi connectivity index (χ0) is 12.5. The summed E-state index contributed by atoms with van der Waals surface area (Å²) in [5, 5.41) is 0. The summed E-state index contributed by atoms with van der Waals surface area (Å²) in [5.74, 6) is -1.09. The van der Waals surface area contributed by atoms with E-state index in [1.54, 1.807) is 0 Å². The first-order valence-corrected chi connectivity index (χ1v) is 4.49. The Morgan fingerprint density at radius 2 is 2.12 bits per heavy atom. The van der Waals surface area contributed by atoms with Gasteiger partial charge in [0.2, 0.25) is 5.76 Å². The molecule has 0 N–H and O–H groups in total. The lowest BCUT2D eigenvalue weighted by Crippen LogP contribution is -2.22. The van der Waals surface area contributed by atoms with Crippen LogP contribution in [-0.2, 0) is 12.7 Å². The summed E-state index contributed by atoms with van der Waals surface area (Å²) in [7, 11) is 0. The minimum Gasteiger partial charge on any atom is -0.455 e. The van der Waals surface area contributed by atoms with Gasteiger partial charge in [0.15, 0.2) is 0 Å². The molecule has 8 heteroatoms. The first-order chi connectivity index (χ1) is 7.97. The van der Waals surface area contributed by atoms with Crippen molar-refractivity contribution in [1.82, 2.24) is 14.5 Å². The van der Waals surface area contributed by atoms with Gasteiger partial charge in [-0.3, -0.25) is 4.57 Å². The highest BCUT2D eigenvalue weighted by Gasteiger charge is 2.34. The van der Waals surface area contributed by atoms with Crippen molar-refractivity contribution in [3.8, 4) is 0 Å². The molecule has 0 fully saturated rings.